The number of fused-ring (bicyclic) bond motifs is 1. The quantitative estimate of drug-likeness (QED) is 0.665. The summed E-state index contributed by atoms with van der Waals surface area (Å²) in [6.45, 7) is 4.24. The predicted octanol–water partition coefficient (Wildman–Crippen LogP) is 1.32. The maximum atomic E-state index is 5.89. The summed E-state index contributed by atoms with van der Waals surface area (Å²) in [4.78, 5) is 4.57. The van der Waals surface area contributed by atoms with Gasteiger partial charge in [-0.2, -0.15) is 0 Å². The fourth-order valence-corrected chi connectivity index (χ4v) is 2.06. The number of ether oxygens (including phenoxy) is 1. The normalized spacial score (nSPS) is 38.5. The van der Waals surface area contributed by atoms with Crippen LogP contribution in [0.1, 0.15) is 33.1 Å². The van der Waals surface area contributed by atoms with E-state index in [4.69, 9.17) is 10.5 Å². The van der Waals surface area contributed by atoms with Crippen LogP contribution in [0.4, 0.5) is 0 Å². The fourth-order valence-electron chi connectivity index (χ4n) is 2.06. The van der Waals surface area contributed by atoms with Crippen LogP contribution in [0.25, 0.3) is 0 Å². The van der Waals surface area contributed by atoms with Crippen molar-refractivity contribution in [2.75, 3.05) is 0 Å². The minimum absolute atomic E-state index is 0.331. The van der Waals surface area contributed by atoms with Crippen LogP contribution in [-0.4, -0.2) is 24.1 Å². The molecule has 2 rings (SSSR count). The Hall–Kier alpha value is -0.570. The molecule has 0 radical (unpaired) electrons. The molecule has 3 atom stereocenters. The van der Waals surface area contributed by atoms with Gasteiger partial charge < -0.3 is 10.5 Å². The molecule has 3 unspecified atom stereocenters. The van der Waals surface area contributed by atoms with Crippen LogP contribution in [0.5, 0.6) is 0 Å². The fraction of sp³-hybridized carbons (Fsp3) is 0.900. The lowest BCUT2D eigenvalue weighted by Gasteiger charge is -2.26. The molecule has 3 heteroatoms. The molecular formula is C10H18N2O. The molecule has 1 fully saturated rings. The van der Waals surface area contributed by atoms with E-state index in [1.165, 1.54) is 0 Å². The van der Waals surface area contributed by atoms with E-state index in [0.717, 1.165) is 25.2 Å². The van der Waals surface area contributed by atoms with Crippen LogP contribution in [0.15, 0.2) is 4.99 Å². The summed E-state index contributed by atoms with van der Waals surface area (Å²) in [5.74, 6) is 1.35. The van der Waals surface area contributed by atoms with Crippen molar-refractivity contribution in [3.8, 4) is 0 Å². The molecule has 0 bridgehead atoms. The predicted molar refractivity (Wildman–Crippen MR) is 52.8 cm³/mol. The van der Waals surface area contributed by atoms with Gasteiger partial charge in [0, 0.05) is 12.0 Å². The summed E-state index contributed by atoms with van der Waals surface area (Å²) >= 11 is 0. The highest BCUT2D eigenvalue weighted by molar-refractivity contribution is 5.80. The van der Waals surface area contributed by atoms with E-state index in [0.29, 0.717) is 24.1 Å². The van der Waals surface area contributed by atoms with Crippen molar-refractivity contribution in [1.82, 2.24) is 0 Å². The van der Waals surface area contributed by atoms with Crippen LogP contribution >= 0.6 is 0 Å². The Labute approximate surface area is 79.4 Å². The van der Waals surface area contributed by atoms with E-state index in [2.05, 4.69) is 18.8 Å². The molecule has 0 spiro atoms. The highest BCUT2D eigenvalue weighted by atomic mass is 16.5. The second-order valence-electron chi connectivity index (χ2n) is 4.42. The number of rotatable bonds is 1. The van der Waals surface area contributed by atoms with Crippen molar-refractivity contribution in [2.45, 2.75) is 51.3 Å². The summed E-state index contributed by atoms with van der Waals surface area (Å²) in [6, 6.07) is 0.682. The number of nitrogens with zero attached hydrogens (tertiary/aromatic N) is 1. The van der Waals surface area contributed by atoms with Gasteiger partial charge in [0.05, 0.1) is 6.04 Å². The monoisotopic (exact) mass is 182 g/mol. The third-order valence-electron chi connectivity index (χ3n) is 2.85. The summed E-state index contributed by atoms with van der Waals surface area (Å²) in [5.41, 5.74) is 5.89. The van der Waals surface area contributed by atoms with Gasteiger partial charge in [-0.3, -0.25) is 0 Å². The molecule has 13 heavy (non-hydrogen) atoms. The van der Waals surface area contributed by atoms with Gasteiger partial charge in [-0.05, 0) is 19.3 Å². The lowest BCUT2D eigenvalue weighted by molar-refractivity contribution is 0.138. The first-order chi connectivity index (χ1) is 6.16. The lowest BCUT2D eigenvalue weighted by Crippen LogP contribution is -2.37. The van der Waals surface area contributed by atoms with Gasteiger partial charge in [0.1, 0.15) is 6.10 Å². The number of hydrogen-bond acceptors (Lipinski definition) is 3. The maximum Gasteiger partial charge on any atom is 0.186 e. The first-order valence-corrected chi connectivity index (χ1v) is 5.16. The Morgan fingerprint density at radius 2 is 2.23 bits per heavy atom. The Balaban J connectivity index is 2.04. The average molecular weight is 182 g/mol. The molecular weight excluding hydrogens is 164 g/mol. The Bertz CT molecular complexity index is 225. The molecule has 0 aromatic carbocycles. The third-order valence-corrected chi connectivity index (χ3v) is 2.85. The molecule has 3 nitrogen and oxygen atoms in total. The summed E-state index contributed by atoms with van der Waals surface area (Å²) in [5, 5.41) is 0. The standard InChI is InChI=1S/C10H18N2O/c1-6(2)10-12-8-5-7(11)3-4-9(8)13-10/h6-9H,3-5,11H2,1-2H3. The number of hydrogen-bond donors (Lipinski definition) is 1. The lowest BCUT2D eigenvalue weighted by atomic mass is 9.90. The molecule has 0 amide bonds. The topological polar surface area (TPSA) is 47.6 Å². The minimum atomic E-state index is 0.331. The summed E-state index contributed by atoms with van der Waals surface area (Å²) in [7, 11) is 0. The summed E-state index contributed by atoms with van der Waals surface area (Å²) in [6.07, 6.45) is 3.49. The van der Waals surface area contributed by atoms with Crippen molar-refractivity contribution >= 4 is 5.90 Å². The molecule has 0 saturated heterocycles. The largest absolute Gasteiger partial charge is 0.475 e. The molecule has 0 aromatic heterocycles. The molecule has 1 aliphatic carbocycles. The summed E-state index contributed by atoms with van der Waals surface area (Å²) < 4.78 is 5.77. The first kappa shape index (κ1) is 9.00. The molecule has 2 aliphatic rings. The molecule has 1 heterocycles. The van der Waals surface area contributed by atoms with Crippen LogP contribution in [0.3, 0.4) is 0 Å². The van der Waals surface area contributed by atoms with E-state index in [-0.39, 0.29) is 0 Å². The molecule has 2 N–H and O–H groups in total. The third kappa shape index (κ3) is 1.70. The van der Waals surface area contributed by atoms with Crippen LogP contribution in [0, 0.1) is 5.92 Å². The average Bonchev–Trinajstić information content (AvgIpc) is 2.46. The van der Waals surface area contributed by atoms with E-state index in [9.17, 15) is 0 Å². The van der Waals surface area contributed by atoms with Crippen molar-refractivity contribution in [2.24, 2.45) is 16.6 Å². The van der Waals surface area contributed by atoms with Crippen LogP contribution in [0.2, 0.25) is 0 Å². The van der Waals surface area contributed by atoms with Gasteiger partial charge >= 0.3 is 0 Å². The zero-order valence-electron chi connectivity index (χ0n) is 8.36. The van der Waals surface area contributed by atoms with Crippen LogP contribution < -0.4 is 5.73 Å². The van der Waals surface area contributed by atoms with Crippen LogP contribution in [-0.2, 0) is 4.74 Å². The van der Waals surface area contributed by atoms with Gasteiger partial charge in [-0.15, -0.1) is 0 Å². The van der Waals surface area contributed by atoms with Crippen molar-refractivity contribution in [1.29, 1.82) is 0 Å². The second kappa shape index (κ2) is 3.29. The highest BCUT2D eigenvalue weighted by Crippen LogP contribution is 2.29. The van der Waals surface area contributed by atoms with E-state index in [1.54, 1.807) is 0 Å². The molecule has 74 valence electrons. The Kier molecular flexibility index (Phi) is 2.28. The van der Waals surface area contributed by atoms with Gasteiger partial charge in [0.2, 0.25) is 0 Å². The van der Waals surface area contributed by atoms with Crippen molar-refractivity contribution < 1.29 is 4.74 Å². The second-order valence-corrected chi connectivity index (χ2v) is 4.42. The van der Waals surface area contributed by atoms with Crippen molar-refractivity contribution in [3.63, 3.8) is 0 Å². The SMILES string of the molecule is CC(C)C1=NC2CC(N)CCC2O1. The Morgan fingerprint density at radius 1 is 1.46 bits per heavy atom. The zero-order valence-corrected chi connectivity index (χ0v) is 8.36. The van der Waals surface area contributed by atoms with Gasteiger partial charge in [-0.25, -0.2) is 4.99 Å². The van der Waals surface area contributed by atoms with Crippen molar-refractivity contribution in [3.05, 3.63) is 0 Å². The number of aliphatic imine (C=N–C) groups is 1. The van der Waals surface area contributed by atoms with Gasteiger partial charge in [0.15, 0.2) is 5.90 Å². The minimum Gasteiger partial charge on any atom is -0.475 e. The van der Waals surface area contributed by atoms with Gasteiger partial charge in [-0.1, -0.05) is 13.8 Å². The van der Waals surface area contributed by atoms with E-state index in [1.807, 2.05) is 0 Å². The number of nitrogens with two attached hydrogens (primary N) is 1. The maximum absolute atomic E-state index is 5.89. The molecule has 1 aliphatic heterocycles. The first-order valence-electron chi connectivity index (χ1n) is 5.16. The molecule has 0 aromatic rings. The van der Waals surface area contributed by atoms with E-state index >= 15 is 0 Å². The van der Waals surface area contributed by atoms with Gasteiger partial charge in [0.25, 0.3) is 0 Å². The smallest absolute Gasteiger partial charge is 0.186 e. The molecule has 1 saturated carbocycles. The Morgan fingerprint density at radius 3 is 2.92 bits per heavy atom. The zero-order chi connectivity index (χ0) is 9.42. The highest BCUT2D eigenvalue weighted by Gasteiger charge is 2.36. The van der Waals surface area contributed by atoms with E-state index < -0.39 is 0 Å².